The third-order valence-electron chi connectivity index (χ3n) is 4.28. The highest BCUT2D eigenvalue weighted by Gasteiger charge is 2.42. The average molecular weight is 295 g/mol. The van der Waals surface area contributed by atoms with Crippen LogP contribution in [0.2, 0.25) is 0 Å². The molecule has 1 aliphatic rings. The molecule has 1 atom stereocenters. The summed E-state index contributed by atoms with van der Waals surface area (Å²) in [5.74, 6) is 1.24. The molecule has 0 bridgehead atoms. The molecule has 1 aromatic heterocycles. The Bertz CT molecular complexity index is 477. The lowest BCUT2D eigenvalue weighted by Crippen LogP contribution is -2.54. The quantitative estimate of drug-likeness (QED) is 0.668. The van der Waals surface area contributed by atoms with Gasteiger partial charge in [0.25, 0.3) is 0 Å². The molecule has 6 heteroatoms. The number of aryl methyl sites for hydroxylation is 2. The molecule has 1 unspecified atom stereocenters. The number of aliphatic hydroxyl groups is 1. The van der Waals surface area contributed by atoms with Crippen molar-refractivity contribution in [2.45, 2.75) is 52.0 Å². The summed E-state index contributed by atoms with van der Waals surface area (Å²) in [6.45, 7) is 6.28. The van der Waals surface area contributed by atoms with E-state index in [9.17, 15) is 9.90 Å². The van der Waals surface area contributed by atoms with Gasteiger partial charge in [-0.05, 0) is 52.4 Å². The Kier molecular flexibility index (Phi) is 4.88. The van der Waals surface area contributed by atoms with Crippen LogP contribution in [0.15, 0.2) is 4.52 Å². The minimum absolute atomic E-state index is 0.0236. The predicted octanol–water partition coefficient (Wildman–Crippen LogP) is 1.68. The van der Waals surface area contributed by atoms with Crippen molar-refractivity contribution in [3.63, 3.8) is 0 Å². The van der Waals surface area contributed by atoms with Crippen LogP contribution in [0, 0.1) is 19.8 Å². The van der Waals surface area contributed by atoms with E-state index < -0.39 is 5.54 Å². The monoisotopic (exact) mass is 295 g/mol. The van der Waals surface area contributed by atoms with E-state index in [-0.39, 0.29) is 12.6 Å². The molecule has 1 saturated carbocycles. The summed E-state index contributed by atoms with van der Waals surface area (Å²) < 4.78 is 5.11. The van der Waals surface area contributed by atoms with Gasteiger partial charge >= 0.3 is 6.03 Å². The summed E-state index contributed by atoms with van der Waals surface area (Å²) >= 11 is 0. The standard InChI is InChI=1S/C15H25N3O3/c1-10-13(11(2)21-18-10)5-4-8-16-14(20)17-15(3,9-19)12-6-7-12/h12,19H,4-9H2,1-3H3,(H2,16,17,20). The fourth-order valence-electron chi connectivity index (χ4n) is 2.62. The molecule has 6 nitrogen and oxygen atoms in total. The highest BCUT2D eigenvalue weighted by molar-refractivity contribution is 5.74. The second-order valence-corrected chi connectivity index (χ2v) is 6.14. The van der Waals surface area contributed by atoms with Crippen LogP contribution in [0.1, 0.15) is 43.2 Å². The molecule has 1 aliphatic carbocycles. The van der Waals surface area contributed by atoms with E-state index in [4.69, 9.17) is 4.52 Å². The predicted molar refractivity (Wildman–Crippen MR) is 79.0 cm³/mol. The molecule has 1 heterocycles. The van der Waals surface area contributed by atoms with Crippen molar-refractivity contribution < 1.29 is 14.4 Å². The number of rotatable bonds is 7. The Morgan fingerprint density at radius 1 is 1.48 bits per heavy atom. The van der Waals surface area contributed by atoms with Gasteiger partial charge in [0.1, 0.15) is 5.76 Å². The Morgan fingerprint density at radius 2 is 2.19 bits per heavy atom. The zero-order valence-electron chi connectivity index (χ0n) is 13.0. The molecule has 0 radical (unpaired) electrons. The van der Waals surface area contributed by atoms with Gasteiger partial charge in [0.2, 0.25) is 0 Å². The van der Waals surface area contributed by atoms with E-state index in [2.05, 4.69) is 15.8 Å². The second-order valence-electron chi connectivity index (χ2n) is 6.14. The summed E-state index contributed by atoms with van der Waals surface area (Å²) in [5, 5.41) is 19.1. The van der Waals surface area contributed by atoms with E-state index in [0.717, 1.165) is 42.7 Å². The van der Waals surface area contributed by atoms with Gasteiger partial charge in [0.05, 0.1) is 17.8 Å². The fraction of sp³-hybridized carbons (Fsp3) is 0.733. The van der Waals surface area contributed by atoms with Crippen LogP contribution in [0.3, 0.4) is 0 Å². The van der Waals surface area contributed by atoms with E-state index in [1.165, 1.54) is 0 Å². The first-order chi connectivity index (χ1) is 9.96. The average Bonchev–Trinajstić information content (AvgIpc) is 3.25. The Hall–Kier alpha value is -1.56. The van der Waals surface area contributed by atoms with Crippen LogP contribution >= 0.6 is 0 Å². The maximum absolute atomic E-state index is 11.9. The molecular weight excluding hydrogens is 270 g/mol. The number of hydrogen-bond donors (Lipinski definition) is 3. The highest BCUT2D eigenvalue weighted by Crippen LogP contribution is 2.39. The first kappa shape index (κ1) is 15.8. The van der Waals surface area contributed by atoms with Gasteiger partial charge in [-0.2, -0.15) is 0 Å². The van der Waals surface area contributed by atoms with Crippen LogP contribution in [-0.2, 0) is 6.42 Å². The fourth-order valence-corrected chi connectivity index (χ4v) is 2.62. The number of carbonyl (C=O) groups is 1. The smallest absolute Gasteiger partial charge is 0.315 e. The molecule has 0 aliphatic heterocycles. The van der Waals surface area contributed by atoms with Gasteiger partial charge in [0, 0.05) is 12.1 Å². The maximum Gasteiger partial charge on any atom is 0.315 e. The van der Waals surface area contributed by atoms with Crippen molar-refractivity contribution in [2.75, 3.05) is 13.2 Å². The molecule has 0 spiro atoms. The number of aromatic nitrogens is 1. The molecule has 2 amide bonds. The molecule has 118 valence electrons. The molecular formula is C15H25N3O3. The number of urea groups is 1. The lowest BCUT2D eigenvalue weighted by atomic mass is 9.97. The molecule has 0 aromatic carbocycles. The molecule has 2 rings (SSSR count). The van der Waals surface area contributed by atoms with Crippen molar-refractivity contribution in [3.8, 4) is 0 Å². The van der Waals surface area contributed by atoms with Crippen LogP contribution in [0.4, 0.5) is 4.79 Å². The largest absolute Gasteiger partial charge is 0.394 e. The summed E-state index contributed by atoms with van der Waals surface area (Å²) in [5.41, 5.74) is 1.54. The Morgan fingerprint density at radius 3 is 2.71 bits per heavy atom. The van der Waals surface area contributed by atoms with Gasteiger partial charge in [-0.25, -0.2) is 4.79 Å². The van der Waals surface area contributed by atoms with Crippen LogP contribution in [0.25, 0.3) is 0 Å². The van der Waals surface area contributed by atoms with Gasteiger partial charge < -0.3 is 20.3 Å². The third kappa shape index (κ3) is 3.97. The topological polar surface area (TPSA) is 87.4 Å². The normalized spacial score (nSPS) is 17.3. The van der Waals surface area contributed by atoms with Crippen LogP contribution in [0.5, 0.6) is 0 Å². The number of nitrogens with one attached hydrogen (secondary N) is 2. The number of nitrogens with zero attached hydrogens (tertiary/aromatic N) is 1. The van der Waals surface area contributed by atoms with Crippen molar-refractivity contribution >= 4 is 6.03 Å². The second kappa shape index (κ2) is 6.47. The summed E-state index contributed by atoms with van der Waals surface area (Å²) in [7, 11) is 0. The zero-order chi connectivity index (χ0) is 15.5. The lowest BCUT2D eigenvalue weighted by molar-refractivity contribution is 0.155. The van der Waals surface area contributed by atoms with Gasteiger partial charge in [-0.1, -0.05) is 5.16 Å². The third-order valence-corrected chi connectivity index (χ3v) is 4.28. The molecule has 21 heavy (non-hydrogen) atoms. The molecule has 1 aromatic rings. The lowest BCUT2D eigenvalue weighted by Gasteiger charge is -2.28. The minimum atomic E-state index is -0.494. The number of amides is 2. The minimum Gasteiger partial charge on any atom is -0.394 e. The summed E-state index contributed by atoms with van der Waals surface area (Å²) in [6, 6.07) is -0.211. The first-order valence-electron chi connectivity index (χ1n) is 7.55. The van der Waals surface area contributed by atoms with Crippen LogP contribution < -0.4 is 10.6 Å². The van der Waals surface area contributed by atoms with Crippen molar-refractivity contribution in [3.05, 3.63) is 17.0 Å². The van der Waals surface area contributed by atoms with Gasteiger partial charge in [-0.15, -0.1) is 0 Å². The Balaban J connectivity index is 1.70. The number of carbonyl (C=O) groups excluding carboxylic acids is 1. The summed E-state index contributed by atoms with van der Waals surface area (Å²) in [6.07, 6.45) is 3.81. The van der Waals surface area contributed by atoms with E-state index >= 15 is 0 Å². The van der Waals surface area contributed by atoms with Crippen LogP contribution in [-0.4, -0.2) is 35.0 Å². The summed E-state index contributed by atoms with van der Waals surface area (Å²) in [4.78, 5) is 11.9. The first-order valence-corrected chi connectivity index (χ1v) is 7.55. The molecule has 0 saturated heterocycles. The highest BCUT2D eigenvalue weighted by atomic mass is 16.5. The number of aliphatic hydroxyl groups excluding tert-OH is 1. The van der Waals surface area contributed by atoms with Gasteiger partial charge in [-0.3, -0.25) is 0 Å². The van der Waals surface area contributed by atoms with Crippen molar-refractivity contribution in [1.29, 1.82) is 0 Å². The number of hydrogen-bond acceptors (Lipinski definition) is 4. The molecule has 3 N–H and O–H groups in total. The maximum atomic E-state index is 11.9. The van der Waals surface area contributed by atoms with E-state index in [1.807, 2.05) is 20.8 Å². The van der Waals surface area contributed by atoms with Crippen molar-refractivity contribution in [1.82, 2.24) is 15.8 Å². The van der Waals surface area contributed by atoms with Gasteiger partial charge in [0.15, 0.2) is 0 Å². The van der Waals surface area contributed by atoms with E-state index in [0.29, 0.717) is 12.5 Å². The van der Waals surface area contributed by atoms with E-state index in [1.54, 1.807) is 0 Å². The zero-order valence-corrected chi connectivity index (χ0v) is 13.0. The van der Waals surface area contributed by atoms with Crippen molar-refractivity contribution in [2.24, 2.45) is 5.92 Å². The Labute approximate surface area is 125 Å². The SMILES string of the molecule is Cc1noc(C)c1CCCNC(=O)NC(C)(CO)C1CC1. The molecule has 1 fully saturated rings.